The molecule has 1 aromatic heterocycles. The van der Waals surface area contributed by atoms with Crippen molar-refractivity contribution < 1.29 is 30.5 Å². The van der Waals surface area contributed by atoms with Crippen molar-refractivity contribution in [3.05, 3.63) is 56.9 Å². The van der Waals surface area contributed by atoms with Crippen LogP contribution in [0.2, 0.25) is 0 Å². The van der Waals surface area contributed by atoms with Crippen molar-refractivity contribution in [2.45, 2.75) is 11.1 Å². The van der Waals surface area contributed by atoms with E-state index in [1.54, 1.807) is 6.07 Å². The zero-order valence-electron chi connectivity index (χ0n) is 13.4. The van der Waals surface area contributed by atoms with Crippen LogP contribution in [0.4, 0.5) is 17.6 Å². The van der Waals surface area contributed by atoms with Crippen LogP contribution >= 0.6 is 31.9 Å². The average molecular weight is 544 g/mol. The van der Waals surface area contributed by atoms with Gasteiger partial charge in [-0.15, -0.1) is 0 Å². The van der Waals surface area contributed by atoms with Crippen molar-refractivity contribution in [1.29, 1.82) is 0 Å². The topological polar surface area (TPSA) is 86.2 Å². The highest BCUT2D eigenvalue weighted by Gasteiger charge is 2.41. The number of nitrogens with two attached hydrogens (primary N) is 1. The molecule has 0 amide bonds. The summed E-state index contributed by atoms with van der Waals surface area (Å²) in [4.78, 5) is -0.840. The molecule has 0 saturated carbocycles. The van der Waals surface area contributed by atoms with Crippen LogP contribution in [-0.4, -0.2) is 13.6 Å². The molecule has 0 aliphatic heterocycles. The summed E-state index contributed by atoms with van der Waals surface area (Å²) in [6.07, 6.45) is -4.92. The lowest BCUT2D eigenvalue weighted by Crippen LogP contribution is -2.14. The average Bonchev–Trinajstić information content (AvgIpc) is 2.97. The van der Waals surface area contributed by atoms with Gasteiger partial charge in [-0.3, -0.25) is 0 Å². The molecule has 0 unspecified atom stereocenters. The van der Waals surface area contributed by atoms with Gasteiger partial charge < -0.3 is 4.52 Å². The molecule has 0 spiro atoms. The number of hydrogen-bond donors (Lipinski definition) is 1. The predicted octanol–water partition coefficient (Wildman–Crippen LogP) is 5.34. The number of nitrogens with zero attached hydrogens (tertiary/aromatic N) is 1. The molecule has 0 radical (unpaired) electrons. The Bertz CT molecular complexity index is 1160. The highest BCUT2D eigenvalue weighted by molar-refractivity contribution is 9.11. The lowest BCUT2D eigenvalue weighted by atomic mass is 9.99. The van der Waals surface area contributed by atoms with Gasteiger partial charge in [0, 0.05) is 14.5 Å². The van der Waals surface area contributed by atoms with Gasteiger partial charge in [0.1, 0.15) is 16.4 Å². The zero-order valence-corrected chi connectivity index (χ0v) is 17.4. The number of rotatable bonds is 3. The van der Waals surface area contributed by atoms with E-state index >= 15 is 0 Å². The van der Waals surface area contributed by atoms with Gasteiger partial charge in [0.25, 0.3) is 0 Å². The van der Waals surface area contributed by atoms with E-state index in [0.717, 1.165) is 12.1 Å². The van der Waals surface area contributed by atoms with Crippen LogP contribution in [0, 0.1) is 5.82 Å². The summed E-state index contributed by atoms with van der Waals surface area (Å²) in [6.45, 7) is 0. The third kappa shape index (κ3) is 4.14. The van der Waals surface area contributed by atoms with Crippen LogP contribution in [0.1, 0.15) is 5.76 Å². The molecule has 0 atom stereocenters. The van der Waals surface area contributed by atoms with E-state index in [-0.39, 0.29) is 16.8 Å². The zero-order chi connectivity index (χ0) is 20.9. The maximum absolute atomic E-state index is 14.2. The minimum atomic E-state index is -4.92. The predicted molar refractivity (Wildman–Crippen MR) is 99.1 cm³/mol. The molecule has 3 aromatic rings. The lowest BCUT2D eigenvalue weighted by Gasteiger charge is -2.09. The Morgan fingerprint density at radius 1 is 1.00 bits per heavy atom. The maximum Gasteiger partial charge on any atom is 0.453 e. The van der Waals surface area contributed by atoms with Gasteiger partial charge in [-0.2, -0.15) is 13.2 Å². The summed E-state index contributed by atoms with van der Waals surface area (Å²) in [5.41, 5.74) is -0.745. The second-order valence-corrected chi connectivity index (χ2v) is 8.94. The molecule has 28 heavy (non-hydrogen) atoms. The molecule has 12 heteroatoms. The van der Waals surface area contributed by atoms with Gasteiger partial charge in [-0.1, -0.05) is 43.1 Å². The van der Waals surface area contributed by atoms with Crippen molar-refractivity contribution >= 4 is 41.9 Å². The summed E-state index contributed by atoms with van der Waals surface area (Å²) >= 11 is 6.46. The third-order valence-corrected chi connectivity index (χ3v) is 5.47. The minimum Gasteiger partial charge on any atom is -0.350 e. The van der Waals surface area contributed by atoms with Crippen LogP contribution in [0.3, 0.4) is 0 Å². The minimum absolute atomic E-state index is 0.197. The quantitative estimate of drug-likeness (QED) is 0.452. The maximum atomic E-state index is 14.2. The van der Waals surface area contributed by atoms with E-state index in [9.17, 15) is 26.0 Å². The molecular weight excluding hydrogens is 536 g/mol. The number of halogens is 6. The number of benzene rings is 2. The third-order valence-electron chi connectivity index (χ3n) is 3.61. The molecule has 0 aliphatic rings. The van der Waals surface area contributed by atoms with Crippen LogP contribution in [0.25, 0.3) is 22.4 Å². The van der Waals surface area contributed by atoms with Gasteiger partial charge in [-0.05, 0) is 35.9 Å². The second-order valence-electron chi connectivity index (χ2n) is 5.58. The van der Waals surface area contributed by atoms with E-state index in [4.69, 9.17) is 5.14 Å². The number of hydrogen-bond acceptors (Lipinski definition) is 4. The van der Waals surface area contributed by atoms with Crippen molar-refractivity contribution in [3.8, 4) is 22.4 Å². The molecule has 0 bridgehead atoms. The molecule has 2 aromatic carbocycles. The van der Waals surface area contributed by atoms with Crippen molar-refractivity contribution in [2.75, 3.05) is 0 Å². The fourth-order valence-corrected chi connectivity index (χ4v) is 4.41. The molecule has 2 N–H and O–H groups in total. The summed E-state index contributed by atoms with van der Waals surface area (Å²) in [6, 6.07) is 7.09. The summed E-state index contributed by atoms with van der Waals surface area (Å²) < 4.78 is 82.8. The first-order valence-corrected chi connectivity index (χ1v) is 10.4. The molecule has 0 fully saturated rings. The Balaban J connectivity index is 2.30. The molecule has 0 aliphatic carbocycles. The fourth-order valence-electron chi connectivity index (χ4n) is 2.53. The summed E-state index contributed by atoms with van der Waals surface area (Å²) in [5.74, 6) is -2.74. The number of alkyl halides is 3. The number of primary sulfonamides is 1. The first kappa shape index (κ1) is 21.0. The summed E-state index contributed by atoms with van der Waals surface area (Å²) in [5, 5.41) is 8.40. The molecular formula is C16H8Br2F4N2O3S. The molecule has 5 nitrogen and oxygen atoms in total. The monoisotopic (exact) mass is 542 g/mol. The van der Waals surface area contributed by atoms with E-state index in [1.165, 1.54) is 12.1 Å². The van der Waals surface area contributed by atoms with E-state index in [0.29, 0.717) is 15.0 Å². The SMILES string of the molecule is NS(=O)(=O)c1ccc(-c2c(-c3cc(Br)cc(Br)c3)noc2C(F)(F)F)cc1F. The van der Waals surface area contributed by atoms with Crippen LogP contribution in [0.5, 0.6) is 0 Å². The van der Waals surface area contributed by atoms with Crippen LogP contribution in [-0.2, 0) is 16.2 Å². The molecule has 0 saturated heterocycles. The Morgan fingerprint density at radius 2 is 1.61 bits per heavy atom. The Kier molecular flexibility index (Phi) is 5.42. The van der Waals surface area contributed by atoms with Crippen molar-refractivity contribution in [2.24, 2.45) is 5.14 Å². The Hall–Kier alpha value is -1.76. The van der Waals surface area contributed by atoms with Gasteiger partial charge in [0.15, 0.2) is 0 Å². The van der Waals surface area contributed by atoms with E-state index in [1.807, 2.05) is 0 Å². The van der Waals surface area contributed by atoms with Gasteiger partial charge >= 0.3 is 6.18 Å². The van der Waals surface area contributed by atoms with Crippen molar-refractivity contribution in [3.63, 3.8) is 0 Å². The van der Waals surface area contributed by atoms with Crippen LogP contribution < -0.4 is 5.14 Å². The second kappa shape index (κ2) is 7.25. The Morgan fingerprint density at radius 3 is 2.11 bits per heavy atom. The van der Waals surface area contributed by atoms with E-state index in [2.05, 4.69) is 41.5 Å². The molecule has 148 valence electrons. The number of aromatic nitrogens is 1. The van der Waals surface area contributed by atoms with Gasteiger partial charge in [-0.25, -0.2) is 17.9 Å². The van der Waals surface area contributed by atoms with Crippen molar-refractivity contribution in [1.82, 2.24) is 5.16 Å². The largest absolute Gasteiger partial charge is 0.453 e. The first-order chi connectivity index (χ1) is 12.9. The first-order valence-electron chi connectivity index (χ1n) is 7.24. The van der Waals surface area contributed by atoms with Crippen LogP contribution in [0.15, 0.2) is 54.8 Å². The van der Waals surface area contributed by atoms with E-state index < -0.39 is 38.2 Å². The van der Waals surface area contributed by atoms with Gasteiger partial charge in [0.05, 0.1) is 5.56 Å². The Labute approximate surface area is 172 Å². The normalized spacial score (nSPS) is 12.4. The van der Waals surface area contributed by atoms with Gasteiger partial charge in [0.2, 0.25) is 15.8 Å². The highest BCUT2D eigenvalue weighted by Crippen LogP contribution is 2.43. The number of sulfonamides is 1. The standard InChI is InChI=1S/C16H8Br2F4N2O3S/c17-9-3-8(4-10(18)6-9)14-13(15(27-24-14)16(20,21)22)7-1-2-12(11(19)5-7)28(23,25)26/h1-6H,(H2,23,25,26). The molecule has 1 heterocycles. The highest BCUT2D eigenvalue weighted by atomic mass is 79.9. The fraction of sp³-hybridized carbons (Fsp3) is 0.0625. The summed E-state index contributed by atoms with van der Waals surface area (Å²) in [7, 11) is -4.38. The smallest absolute Gasteiger partial charge is 0.350 e. The lowest BCUT2D eigenvalue weighted by molar-refractivity contribution is -0.154. The molecule has 3 rings (SSSR count).